The fraction of sp³-hybridized carbons (Fsp3) is 0.833. The second kappa shape index (κ2) is 27.5. The third kappa shape index (κ3) is 20.5. The first-order chi connectivity index (χ1) is 22.0. The molecule has 0 saturated heterocycles. The predicted molar refractivity (Wildman–Crippen MR) is 183 cm³/mol. The lowest BCUT2D eigenvalue weighted by molar-refractivity contribution is -0.149. The Morgan fingerprint density at radius 1 is 0.391 bits per heavy atom. The first-order valence-corrected chi connectivity index (χ1v) is 18.2. The summed E-state index contributed by atoms with van der Waals surface area (Å²) in [5.74, 6) is -5.90. The van der Waals surface area contributed by atoms with Gasteiger partial charge in [-0.15, -0.1) is 0 Å². The van der Waals surface area contributed by atoms with Crippen LogP contribution in [0.2, 0.25) is 0 Å². The number of Topliss-reactive ketones (excluding diaryl/α,β-unsaturated/α-hetero) is 3. The van der Waals surface area contributed by atoms with Crippen molar-refractivity contribution >= 4 is 35.1 Å². The van der Waals surface area contributed by atoms with E-state index in [1.54, 1.807) is 0 Å². The number of ketones is 3. The van der Waals surface area contributed by atoms with Gasteiger partial charge < -0.3 is 0 Å². The molecule has 3 atom stereocenters. The number of rotatable bonds is 30. The van der Waals surface area contributed by atoms with Crippen LogP contribution in [0.1, 0.15) is 176 Å². The second-order valence-electron chi connectivity index (χ2n) is 12.9. The van der Waals surface area contributed by atoms with E-state index in [9.17, 15) is 28.8 Å². The molecular weight excluding hydrogens is 584 g/mol. The Kier molecular flexibility index (Phi) is 25.9. The Morgan fingerprint density at radius 2 is 0.609 bits per heavy atom. The van der Waals surface area contributed by atoms with Crippen LogP contribution in [0.15, 0.2) is 0 Å². The summed E-state index contributed by atoms with van der Waals surface area (Å²) in [4.78, 5) is 77.3. The molecule has 0 saturated carbocycles. The van der Waals surface area contributed by atoms with Gasteiger partial charge in [-0.25, -0.2) is 0 Å². The molecule has 0 aliphatic rings. The van der Waals surface area contributed by atoms with Gasteiger partial charge in [0.2, 0.25) is 17.7 Å². The van der Waals surface area contributed by atoms with Crippen molar-refractivity contribution < 1.29 is 28.8 Å². The molecule has 0 aromatic heterocycles. The number of nitrogens with zero attached hydrogens (tertiary/aromatic N) is 1. The number of carbonyl (C=O) groups excluding carboxylic acids is 6. The molecule has 0 aliphatic carbocycles. The van der Waals surface area contributed by atoms with Crippen LogP contribution in [-0.4, -0.2) is 40.3 Å². The van der Waals surface area contributed by atoms with E-state index in [0.29, 0.717) is 38.5 Å². The zero-order valence-electron chi connectivity index (χ0n) is 30.0. The van der Waals surface area contributed by atoms with Crippen LogP contribution in [0.4, 0.5) is 0 Å². The quantitative estimate of drug-likeness (QED) is 0.0422. The van der Waals surface area contributed by atoms with Gasteiger partial charge in [-0.1, -0.05) is 136 Å². The smallest absolute Gasteiger partial charge is 0.247 e. The van der Waals surface area contributed by atoms with Crippen LogP contribution >= 0.6 is 0 Å². The van der Waals surface area contributed by atoms with Crippen molar-refractivity contribution in [1.29, 1.82) is 0 Å². The van der Waals surface area contributed by atoms with Crippen molar-refractivity contribution in [1.82, 2.24) is 21.5 Å². The molecule has 0 fully saturated rings. The van der Waals surface area contributed by atoms with Gasteiger partial charge in [0, 0.05) is 0 Å². The lowest BCUT2D eigenvalue weighted by Gasteiger charge is -2.28. The van der Waals surface area contributed by atoms with Gasteiger partial charge in [0.15, 0.2) is 0 Å². The highest BCUT2D eigenvalue weighted by Gasteiger charge is 2.31. The average molecular weight is 651 g/mol. The number of amides is 3. The molecule has 0 heterocycles. The Balaban J connectivity index is 5.69. The highest BCUT2D eigenvalue weighted by molar-refractivity contribution is 6.02. The third-order valence-electron chi connectivity index (χ3n) is 8.63. The zero-order valence-corrected chi connectivity index (χ0v) is 30.0. The predicted octanol–water partition coefficient (Wildman–Crippen LogP) is 7.25. The van der Waals surface area contributed by atoms with E-state index in [1.807, 2.05) is 0 Å². The van der Waals surface area contributed by atoms with Crippen LogP contribution in [0.5, 0.6) is 0 Å². The van der Waals surface area contributed by atoms with Crippen molar-refractivity contribution in [2.24, 2.45) is 17.8 Å². The Labute approximate surface area is 279 Å². The zero-order chi connectivity index (χ0) is 34.7. The van der Waals surface area contributed by atoms with E-state index in [1.165, 1.54) is 20.8 Å². The highest BCUT2D eigenvalue weighted by atomic mass is 16.2. The number of hydrazine groups is 3. The molecule has 46 heavy (non-hydrogen) atoms. The largest absolute Gasteiger partial charge is 0.299 e. The molecule has 0 radical (unpaired) electrons. The first-order valence-electron chi connectivity index (χ1n) is 18.2. The van der Waals surface area contributed by atoms with Gasteiger partial charge in [-0.05, 0) is 45.3 Å². The van der Waals surface area contributed by atoms with Crippen molar-refractivity contribution in [3.63, 3.8) is 0 Å². The van der Waals surface area contributed by atoms with E-state index < -0.39 is 35.5 Å². The van der Waals surface area contributed by atoms with Crippen molar-refractivity contribution in [2.75, 3.05) is 0 Å². The van der Waals surface area contributed by atoms with Gasteiger partial charge >= 0.3 is 0 Å². The number of nitrogens with one attached hydrogen (secondary N) is 3. The lowest BCUT2D eigenvalue weighted by atomic mass is 9.96. The third-order valence-corrected chi connectivity index (χ3v) is 8.63. The maximum atomic E-state index is 13.3. The van der Waals surface area contributed by atoms with Crippen LogP contribution in [0.3, 0.4) is 0 Å². The fourth-order valence-electron chi connectivity index (χ4n) is 5.59. The summed E-state index contributed by atoms with van der Waals surface area (Å²) in [7, 11) is 0. The average Bonchev–Trinajstić information content (AvgIpc) is 2.98. The Morgan fingerprint density at radius 3 is 0.826 bits per heavy atom. The van der Waals surface area contributed by atoms with Gasteiger partial charge in [0.1, 0.15) is 17.3 Å². The molecule has 3 amide bonds. The summed E-state index contributed by atoms with van der Waals surface area (Å²) in [6.45, 7) is 10.5. The number of carbonyl (C=O) groups is 6. The van der Waals surface area contributed by atoms with Gasteiger partial charge in [-0.3, -0.25) is 45.0 Å². The summed E-state index contributed by atoms with van der Waals surface area (Å²) in [6.07, 6.45) is 18.9. The molecule has 0 bridgehead atoms. The molecule has 3 N–H and O–H groups in total. The summed E-state index contributed by atoms with van der Waals surface area (Å²) in [5, 5.41) is 0.749. The first kappa shape index (κ1) is 43.4. The SMILES string of the molecule is CCCCCCCCC(C(C)=O)C(=O)NN(NC(=O)C(CCCCCCCC)C(C)=O)NC(=O)C(CCCCCCCC)C(C)=O. The molecule has 10 nitrogen and oxygen atoms in total. The van der Waals surface area contributed by atoms with Crippen LogP contribution in [-0.2, 0) is 28.8 Å². The molecular formula is C36H66N4O6. The van der Waals surface area contributed by atoms with Gasteiger partial charge in [0.25, 0.3) is 0 Å². The monoisotopic (exact) mass is 650 g/mol. The molecule has 0 spiro atoms. The van der Waals surface area contributed by atoms with E-state index in [2.05, 4.69) is 37.0 Å². The molecule has 266 valence electrons. The molecule has 0 aromatic rings. The topological polar surface area (TPSA) is 142 Å². The van der Waals surface area contributed by atoms with Crippen molar-refractivity contribution in [3.05, 3.63) is 0 Å². The summed E-state index contributed by atoms with van der Waals surface area (Å²) in [6, 6.07) is 0. The molecule has 3 unspecified atom stereocenters. The fourth-order valence-corrected chi connectivity index (χ4v) is 5.59. The minimum Gasteiger partial charge on any atom is -0.299 e. The van der Waals surface area contributed by atoms with Crippen molar-refractivity contribution in [3.8, 4) is 0 Å². The van der Waals surface area contributed by atoms with E-state index in [0.717, 1.165) is 102 Å². The minimum absolute atomic E-state index is 0.321. The molecule has 0 rings (SSSR count). The number of unbranched alkanes of at least 4 members (excludes halogenated alkanes) is 15. The Bertz CT molecular complexity index is 795. The molecule has 10 heteroatoms. The normalized spacial score (nSPS) is 13.1. The van der Waals surface area contributed by atoms with Crippen LogP contribution in [0, 0.1) is 17.8 Å². The van der Waals surface area contributed by atoms with Gasteiger partial charge in [-0.2, -0.15) is 0 Å². The minimum atomic E-state index is -0.971. The molecule has 0 aliphatic heterocycles. The van der Waals surface area contributed by atoms with E-state index >= 15 is 0 Å². The maximum absolute atomic E-state index is 13.3. The number of hydrogen-bond acceptors (Lipinski definition) is 7. The standard InChI is InChI=1S/C36H66N4O6/c1-7-10-13-16-19-22-25-31(28(4)41)34(44)37-40(38-35(45)32(29(5)42)26-23-20-17-14-11-8-2)39-36(46)33(30(6)43)27-24-21-18-15-12-9-3/h31-33H,7-27H2,1-6H3,(H,37,44)(H,38,45)(H,39,46). The Hall–Kier alpha value is -2.62. The van der Waals surface area contributed by atoms with E-state index in [-0.39, 0.29) is 17.3 Å². The highest BCUT2D eigenvalue weighted by Crippen LogP contribution is 2.17. The molecule has 0 aromatic carbocycles. The summed E-state index contributed by atoms with van der Waals surface area (Å²) in [5.41, 5.74) is 7.43. The summed E-state index contributed by atoms with van der Waals surface area (Å²) >= 11 is 0. The van der Waals surface area contributed by atoms with Crippen LogP contribution in [0.25, 0.3) is 0 Å². The maximum Gasteiger partial charge on any atom is 0.247 e. The van der Waals surface area contributed by atoms with Gasteiger partial charge in [0.05, 0.1) is 17.8 Å². The second-order valence-corrected chi connectivity index (χ2v) is 12.9. The lowest BCUT2D eigenvalue weighted by Crippen LogP contribution is -2.64. The van der Waals surface area contributed by atoms with E-state index in [4.69, 9.17) is 0 Å². The number of hydrogen-bond donors (Lipinski definition) is 3. The van der Waals surface area contributed by atoms with Crippen LogP contribution < -0.4 is 16.3 Å². The summed E-state index contributed by atoms with van der Waals surface area (Å²) < 4.78 is 0. The van der Waals surface area contributed by atoms with Crippen molar-refractivity contribution in [2.45, 2.75) is 176 Å².